The van der Waals surface area contributed by atoms with Crippen molar-refractivity contribution in [1.29, 1.82) is 0 Å². The Hall–Kier alpha value is -0.0700. The Kier molecular flexibility index (Phi) is 14.7. The summed E-state index contributed by atoms with van der Waals surface area (Å²) in [6.45, 7) is 8.17. The average Bonchev–Trinajstić information content (AvgIpc) is 2.43. The van der Waals surface area contributed by atoms with E-state index in [1.54, 1.807) is 0 Å². The molecular formula is C15H34Cl2N4O. The van der Waals surface area contributed by atoms with E-state index < -0.39 is 0 Å². The molecule has 1 aliphatic rings. The fourth-order valence-electron chi connectivity index (χ4n) is 2.57. The van der Waals surface area contributed by atoms with E-state index in [0.29, 0.717) is 5.92 Å². The minimum Gasteiger partial charge on any atom is -0.356 e. The van der Waals surface area contributed by atoms with Crippen LogP contribution in [0.1, 0.15) is 19.8 Å². The Morgan fingerprint density at radius 1 is 1.27 bits per heavy atom. The van der Waals surface area contributed by atoms with E-state index in [4.69, 9.17) is 0 Å². The van der Waals surface area contributed by atoms with Crippen LogP contribution in [0, 0.1) is 11.8 Å². The van der Waals surface area contributed by atoms with Crippen LogP contribution < -0.4 is 10.6 Å². The van der Waals surface area contributed by atoms with Gasteiger partial charge in [0.2, 0.25) is 5.91 Å². The van der Waals surface area contributed by atoms with E-state index in [1.165, 1.54) is 25.9 Å². The molecule has 5 nitrogen and oxygen atoms in total. The number of amides is 1. The van der Waals surface area contributed by atoms with Crippen molar-refractivity contribution in [2.45, 2.75) is 19.8 Å². The summed E-state index contributed by atoms with van der Waals surface area (Å²) in [5.74, 6) is 0.880. The maximum Gasteiger partial charge on any atom is 0.224 e. The summed E-state index contributed by atoms with van der Waals surface area (Å²) >= 11 is 0. The summed E-state index contributed by atoms with van der Waals surface area (Å²) in [6, 6.07) is 0. The monoisotopic (exact) mass is 356 g/mol. The van der Waals surface area contributed by atoms with Crippen molar-refractivity contribution in [3.05, 3.63) is 0 Å². The molecule has 0 saturated carbocycles. The first-order valence-corrected chi connectivity index (χ1v) is 7.82. The third-order valence-corrected chi connectivity index (χ3v) is 4.09. The first-order chi connectivity index (χ1) is 9.52. The Labute approximate surface area is 148 Å². The lowest BCUT2D eigenvalue weighted by Gasteiger charge is -2.32. The van der Waals surface area contributed by atoms with Crippen LogP contribution in [-0.4, -0.2) is 76.1 Å². The van der Waals surface area contributed by atoms with Crippen LogP contribution in [0.2, 0.25) is 0 Å². The van der Waals surface area contributed by atoms with E-state index in [0.717, 1.165) is 26.2 Å². The van der Waals surface area contributed by atoms with Gasteiger partial charge < -0.3 is 20.4 Å². The predicted octanol–water partition coefficient (Wildman–Crippen LogP) is 1.08. The van der Waals surface area contributed by atoms with Crippen molar-refractivity contribution < 1.29 is 4.79 Å². The molecular weight excluding hydrogens is 323 g/mol. The van der Waals surface area contributed by atoms with Crippen molar-refractivity contribution in [2.75, 3.05) is 60.4 Å². The molecule has 2 N–H and O–H groups in total. The molecule has 0 radical (unpaired) electrons. The molecule has 0 bridgehead atoms. The van der Waals surface area contributed by atoms with Gasteiger partial charge in [-0.2, -0.15) is 0 Å². The lowest BCUT2D eigenvalue weighted by atomic mass is 9.96. The van der Waals surface area contributed by atoms with Crippen LogP contribution in [-0.2, 0) is 4.79 Å². The maximum atomic E-state index is 11.9. The number of hydrogen-bond acceptors (Lipinski definition) is 4. The number of halogens is 2. The van der Waals surface area contributed by atoms with Crippen molar-refractivity contribution in [3.8, 4) is 0 Å². The van der Waals surface area contributed by atoms with Crippen molar-refractivity contribution in [1.82, 2.24) is 20.4 Å². The second-order valence-corrected chi connectivity index (χ2v) is 6.29. The summed E-state index contributed by atoms with van der Waals surface area (Å²) in [5, 5.41) is 6.14. The summed E-state index contributed by atoms with van der Waals surface area (Å²) < 4.78 is 0. The fraction of sp³-hybridized carbons (Fsp3) is 0.933. The number of carbonyl (C=O) groups excluding carboxylic acids is 1. The zero-order valence-electron chi connectivity index (χ0n) is 14.4. The average molecular weight is 357 g/mol. The number of piperidine rings is 1. The molecule has 0 aromatic rings. The highest BCUT2D eigenvalue weighted by atomic mass is 35.5. The van der Waals surface area contributed by atoms with E-state index in [9.17, 15) is 4.79 Å². The molecule has 1 unspecified atom stereocenters. The second kappa shape index (κ2) is 13.4. The molecule has 0 spiro atoms. The summed E-state index contributed by atoms with van der Waals surface area (Å²) in [7, 11) is 6.12. The Morgan fingerprint density at radius 2 is 1.86 bits per heavy atom. The van der Waals surface area contributed by atoms with Gasteiger partial charge in [0.25, 0.3) is 0 Å². The summed E-state index contributed by atoms with van der Waals surface area (Å²) in [6.07, 6.45) is 2.40. The normalized spacial score (nSPS) is 17.5. The molecule has 134 valence electrons. The number of rotatable bonds is 8. The third-order valence-electron chi connectivity index (χ3n) is 4.09. The van der Waals surface area contributed by atoms with Crippen LogP contribution in [0.3, 0.4) is 0 Å². The lowest BCUT2D eigenvalue weighted by Crippen LogP contribution is -2.42. The number of carbonyl (C=O) groups is 1. The van der Waals surface area contributed by atoms with Gasteiger partial charge in [-0.3, -0.25) is 4.79 Å². The molecule has 22 heavy (non-hydrogen) atoms. The van der Waals surface area contributed by atoms with Crippen LogP contribution in [0.5, 0.6) is 0 Å². The second-order valence-electron chi connectivity index (χ2n) is 6.29. The predicted molar refractivity (Wildman–Crippen MR) is 98.3 cm³/mol. The molecule has 1 heterocycles. The van der Waals surface area contributed by atoms with E-state index in [2.05, 4.69) is 34.5 Å². The van der Waals surface area contributed by atoms with Crippen molar-refractivity contribution in [2.24, 2.45) is 11.8 Å². The Morgan fingerprint density at radius 3 is 2.36 bits per heavy atom. The molecule has 1 amide bonds. The quantitative estimate of drug-likeness (QED) is 0.683. The minimum absolute atomic E-state index is 0. The van der Waals surface area contributed by atoms with Crippen LogP contribution in [0.25, 0.3) is 0 Å². The van der Waals surface area contributed by atoms with Gasteiger partial charge in [0.15, 0.2) is 0 Å². The summed E-state index contributed by atoms with van der Waals surface area (Å²) in [5.41, 5.74) is 0. The SMILES string of the molecule is CNCC(C)C(=O)NCC1CCN(CCN(C)C)CC1.Cl.Cl. The Bertz CT molecular complexity index is 285. The molecule has 0 aromatic heterocycles. The lowest BCUT2D eigenvalue weighted by molar-refractivity contribution is -0.124. The number of likely N-dealkylation sites (N-methyl/N-ethyl adjacent to an activating group) is 1. The molecule has 7 heteroatoms. The standard InChI is InChI=1S/C15H32N4O.2ClH/c1-13(11-16-2)15(20)17-12-14-5-7-19(8-6-14)10-9-18(3)4;;/h13-14,16H,5-12H2,1-4H3,(H,17,20);2*1H. The zero-order chi connectivity index (χ0) is 15.0. The molecule has 0 aromatic carbocycles. The number of nitrogens with zero attached hydrogens (tertiary/aromatic N) is 2. The highest BCUT2D eigenvalue weighted by Gasteiger charge is 2.20. The highest BCUT2D eigenvalue weighted by Crippen LogP contribution is 2.16. The van der Waals surface area contributed by atoms with Gasteiger partial charge in [-0.05, 0) is 53.0 Å². The molecule has 1 atom stereocenters. The van der Waals surface area contributed by atoms with E-state index >= 15 is 0 Å². The maximum absolute atomic E-state index is 11.9. The topological polar surface area (TPSA) is 47.6 Å². The fourth-order valence-corrected chi connectivity index (χ4v) is 2.57. The van der Waals surface area contributed by atoms with Gasteiger partial charge in [0, 0.05) is 32.1 Å². The molecule has 1 rings (SSSR count). The van der Waals surface area contributed by atoms with Gasteiger partial charge in [0.1, 0.15) is 0 Å². The van der Waals surface area contributed by atoms with Gasteiger partial charge in [-0.25, -0.2) is 0 Å². The van der Waals surface area contributed by atoms with E-state index in [1.807, 2.05) is 14.0 Å². The first kappa shape index (κ1) is 24.2. The number of likely N-dealkylation sites (tertiary alicyclic amines) is 1. The molecule has 1 saturated heterocycles. The number of nitrogens with one attached hydrogen (secondary N) is 2. The van der Waals surface area contributed by atoms with Gasteiger partial charge in [-0.1, -0.05) is 6.92 Å². The smallest absolute Gasteiger partial charge is 0.224 e. The molecule has 0 aliphatic carbocycles. The minimum atomic E-state index is 0. The highest BCUT2D eigenvalue weighted by molar-refractivity contribution is 5.85. The molecule has 1 fully saturated rings. The van der Waals surface area contributed by atoms with Gasteiger partial charge in [-0.15, -0.1) is 24.8 Å². The first-order valence-electron chi connectivity index (χ1n) is 7.82. The van der Waals surface area contributed by atoms with Crippen molar-refractivity contribution >= 4 is 30.7 Å². The molecule has 1 aliphatic heterocycles. The summed E-state index contributed by atoms with van der Waals surface area (Å²) in [4.78, 5) is 16.6. The zero-order valence-corrected chi connectivity index (χ0v) is 16.1. The van der Waals surface area contributed by atoms with Crippen LogP contribution >= 0.6 is 24.8 Å². The largest absolute Gasteiger partial charge is 0.356 e. The van der Waals surface area contributed by atoms with Gasteiger partial charge in [0.05, 0.1) is 0 Å². The number of hydrogen-bond donors (Lipinski definition) is 2. The van der Waals surface area contributed by atoms with E-state index in [-0.39, 0.29) is 36.6 Å². The third kappa shape index (κ3) is 9.85. The van der Waals surface area contributed by atoms with Gasteiger partial charge >= 0.3 is 0 Å². The Balaban J connectivity index is 0. The van der Waals surface area contributed by atoms with Crippen LogP contribution in [0.4, 0.5) is 0 Å². The van der Waals surface area contributed by atoms with Crippen molar-refractivity contribution in [3.63, 3.8) is 0 Å². The van der Waals surface area contributed by atoms with Crippen LogP contribution in [0.15, 0.2) is 0 Å².